The Bertz CT molecular complexity index is 1860. The average Bonchev–Trinajstić information content (AvgIpc) is 3.49. The van der Waals surface area contributed by atoms with E-state index in [1.54, 1.807) is 63.2 Å². The van der Waals surface area contributed by atoms with Gasteiger partial charge in [-0.1, -0.05) is 35.3 Å². The fourth-order valence-electron chi connectivity index (χ4n) is 4.84. The number of hydrogen-bond donors (Lipinski definition) is 2. The van der Waals surface area contributed by atoms with Crippen molar-refractivity contribution >= 4 is 46.7 Å². The van der Waals surface area contributed by atoms with Crippen LogP contribution in [-0.4, -0.2) is 37.7 Å². The van der Waals surface area contributed by atoms with Crippen molar-refractivity contribution in [3.05, 3.63) is 96.6 Å². The summed E-state index contributed by atoms with van der Waals surface area (Å²) < 4.78 is 7.68. The van der Waals surface area contributed by atoms with Crippen LogP contribution in [0.2, 0.25) is 10.0 Å². The maximum atomic E-state index is 13.2. The quantitative estimate of drug-likeness (QED) is 0.306. The van der Waals surface area contributed by atoms with E-state index < -0.39 is 28.7 Å². The van der Waals surface area contributed by atoms with Crippen LogP contribution in [0.4, 0.5) is 10.5 Å². The van der Waals surface area contributed by atoms with Crippen LogP contribution in [0.3, 0.4) is 0 Å². The molecule has 4 aromatic rings. The molecule has 1 amide bonds. The summed E-state index contributed by atoms with van der Waals surface area (Å²) in [5.41, 5.74) is 1.25. The van der Waals surface area contributed by atoms with Crippen molar-refractivity contribution in [1.82, 2.24) is 14.3 Å². The number of nitrogens with one attached hydrogen (secondary N) is 2. The van der Waals surface area contributed by atoms with Crippen LogP contribution >= 0.6 is 23.2 Å². The number of pyridine rings is 1. The van der Waals surface area contributed by atoms with Gasteiger partial charge in [-0.2, -0.15) is 4.68 Å². The van der Waals surface area contributed by atoms with Gasteiger partial charge in [0.1, 0.15) is 12.1 Å². The van der Waals surface area contributed by atoms with Gasteiger partial charge in [-0.15, -0.1) is 0 Å². The van der Waals surface area contributed by atoms with E-state index in [4.69, 9.17) is 27.9 Å². The Hall–Kier alpha value is -4.41. The topological polar surface area (TPSA) is 132 Å². The molecular formula is C30H26Cl2N4O6. The highest BCUT2D eigenvalue weighted by Gasteiger charge is 2.29. The van der Waals surface area contributed by atoms with Crippen molar-refractivity contribution in [2.24, 2.45) is 0 Å². The highest BCUT2D eigenvalue weighted by atomic mass is 35.5. The van der Waals surface area contributed by atoms with Gasteiger partial charge in [0.25, 0.3) is 11.1 Å². The van der Waals surface area contributed by atoms with Gasteiger partial charge in [0.15, 0.2) is 5.78 Å². The number of nitrogens with zero attached hydrogens (tertiary/aromatic N) is 2. The largest absolute Gasteiger partial charge is 0.442 e. The van der Waals surface area contributed by atoms with Gasteiger partial charge in [-0.05, 0) is 57.5 Å². The number of fused-ring (bicyclic) bond motifs is 1. The number of ketones is 1. The van der Waals surface area contributed by atoms with Crippen LogP contribution in [-0.2, 0) is 22.5 Å². The number of halogens is 2. The molecule has 2 aromatic carbocycles. The maximum absolute atomic E-state index is 13.2. The van der Waals surface area contributed by atoms with Crippen LogP contribution < -0.4 is 16.4 Å². The summed E-state index contributed by atoms with van der Waals surface area (Å²) in [5, 5.41) is 5.94. The van der Waals surface area contributed by atoms with Crippen molar-refractivity contribution in [3.8, 4) is 22.4 Å². The minimum atomic E-state index is -0.762. The summed E-state index contributed by atoms with van der Waals surface area (Å²) in [6.07, 6.45) is -0.217. The summed E-state index contributed by atoms with van der Waals surface area (Å²) in [7, 11) is 0. The predicted octanol–water partition coefficient (Wildman–Crippen LogP) is 5.53. The zero-order valence-electron chi connectivity index (χ0n) is 22.9. The highest BCUT2D eigenvalue weighted by molar-refractivity contribution is 6.35. The van der Waals surface area contributed by atoms with E-state index in [0.717, 1.165) is 4.68 Å². The standard InChI is InChI=1S/C30H26Cl2N4O6/c1-30(2,3)42-29(41)36-23(14-25(38)34-36)16-4-7-18(8-5-16)33-26(39)15-35-22-10-11-24(37)28(22)20(13-27(35)40)19-12-17(31)6-9-21(19)32/h4-9,12-14H,10-11,15H2,1-3H3,(H,33,39)(H,34,38). The molecule has 10 nitrogen and oxygen atoms in total. The number of rotatable bonds is 5. The highest BCUT2D eigenvalue weighted by Crippen LogP contribution is 2.36. The minimum absolute atomic E-state index is 0.143. The molecule has 0 unspecified atom stereocenters. The summed E-state index contributed by atoms with van der Waals surface area (Å²) in [5.74, 6) is -0.623. The van der Waals surface area contributed by atoms with E-state index in [-0.39, 0.29) is 18.7 Å². The van der Waals surface area contributed by atoms with Gasteiger partial charge < -0.3 is 14.6 Å². The minimum Gasteiger partial charge on any atom is -0.442 e. The summed E-state index contributed by atoms with van der Waals surface area (Å²) in [6.45, 7) is 4.84. The van der Waals surface area contributed by atoms with Crippen LogP contribution in [0, 0.1) is 0 Å². The molecule has 0 atom stereocenters. The van der Waals surface area contributed by atoms with E-state index in [1.165, 1.54) is 16.7 Å². The number of amides is 1. The Labute approximate surface area is 249 Å². The first kappa shape index (κ1) is 29.1. The maximum Gasteiger partial charge on any atom is 0.434 e. The fraction of sp³-hybridized carbons (Fsp3) is 0.233. The first-order valence-corrected chi connectivity index (χ1v) is 13.8. The number of carbonyl (C=O) groups is 3. The number of ether oxygens (including phenoxy) is 1. The molecule has 0 fully saturated rings. The lowest BCUT2D eigenvalue weighted by atomic mass is 9.99. The normalized spacial score (nSPS) is 12.7. The van der Waals surface area contributed by atoms with Gasteiger partial charge in [0.2, 0.25) is 5.91 Å². The van der Waals surface area contributed by atoms with E-state index >= 15 is 0 Å². The van der Waals surface area contributed by atoms with Crippen molar-refractivity contribution in [3.63, 3.8) is 0 Å². The number of carbonyl (C=O) groups excluding carboxylic acids is 3. The number of aromatic nitrogens is 3. The number of anilines is 1. The third-order valence-corrected chi connectivity index (χ3v) is 7.14. The van der Waals surface area contributed by atoms with Gasteiger partial charge in [-0.25, -0.2) is 4.79 Å². The third kappa shape index (κ3) is 5.95. The number of aromatic amines is 1. The zero-order valence-corrected chi connectivity index (χ0v) is 24.4. The number of benzene rings is 2. The van der Waals surface area contributed by atoms with Gasteiger partial charge in [-0.3, -0.25) is 24.3 Å². The molecule has 0 saturated heterocycles. The third-order valence-electron chi connectivity index (χ3n) is 6.58. The van der Waals surface area contributed by atoms with Gasteiger partial charge >= 0.3 is 6.09 Å². The molecule has 216 valence electrons. The monoisotopic (exact) mass is 608 g/mol. The van der Waals surface area contributed by atoms with Crippen molar-refractivity contribution in [1.29, 1.82) is 0 Å². The van der Waals surface area contributed by atoms with Crippen molar-refractivity contribution in [2.45, 2.75) is 45.8 Å². The predicted molar refractivity (Wildman–Crippen MR) is 160 cm³/mol. The van der Waals surface area contributed by atoms with Crippen LogP contribution in [0.1, 0.15) is 43.2 Å². The lowest BCUT2D eigenvalue weighted by Crippen LogP contribution is -2.30. The van der Waals surface area contributed by atoms with Crippen LogP contribution in [0.25, 0.3) is 22.4 Å². The molecule has 42 heavy (non-hydrogen) atoms. The Balaban J connectivity index is 1.38. The smallest absolute Gasteiger partial charge is 0.434 e. The molecule has 0 spiro atoms. The molecule has 2 aromatic heterocycles. The Morgan fingerprint density at radius 1 is 0.952 bits per heavy atom. The van der Waals surface area contributed by atoms with Gasteiger partial charge in [0, 0.05) is 62.2 Å². The van der Waals surface area contributed by atoms with E-state index in [9.17, 15) is 24.0 Å². The number of Topliss-reactive ketones (excluding diaryl/α,β-unsaturated/α-hetero) is 1. The van der Waals surface area contributed by atoms with Crippen molar-refractivity contribution < 1.29 is 19.1 Å². The number of H-pyrrole nitrogens is 1. The molecule has 12 heteroatoms. The van der Waals surface area contributed by atoms with E-state index in [1.807, 2.05) is 0 Å². The second-order valence-electron chi connectivity index (χ2n) is 10.8. The molecular weight excluding hydrogens is 583 g/mol. The van der Waals surface area contributed by atoms with E-state index in [0.29, 0.717) is 55.8 Å². The zero-order chi connectivity index (χ0) is 30.3. The summed E-state index contributed by atoms with van der Waals surface area (Å²) >= 11 is 12.5. The van der Waals surface area contributed by atoms with Crippen LogP contribution in [0.15, 0.2) is 64.2 Å². The molecule has 0 bridgehead atoms. The molecule has 2 N–H and O–H groups in total. The Kier molecular flexibility index (Phi) is 7.70. The second kappa shape index (κ2) is 11.1. The van der Waals surface area contributed by atoms with Gasteiger partial charge in [0.05, 0.1) is 5.69 Å². The molecule has 1 aliphatic rings. The summed E-state index contributed by atoms with van der Waals surface area (Å²) in [4.78, 5) is 63.6. The summed E-state index contributed by atoms with van der Waals surface area (Å²) in [6, 6.07) is 13.9. The van der Waals surface area contributed by atoms with E-state index in [2.05, 4.69) is 10.4 Å². The molecule has 2 heterocycles. The average molecular weight is 609 g/mol. The lowest BCUT2D eigenvalue weighted by Gasteiger charge is -2.20. The first-order chi connectivity index (χ1) is 19.8. The molecule has 5 rings (SSSR count). The Morgan fingerprint density at radius 2 is 1.67 bits per heavy atom. The van der Waals surface area contributed by atoms with Crippen LogP contribution in [0.5, 0.6) is 0 Å². The molecule has 1 aliphatic carbocycles. The fourth-order valence-corrected chi connectivity index (χ4v) is 5.23. The molecule has 0 radical (unpaired) electrons. The molecule has 0 aliphatic heterocycles. The lowest BCUT2D eigenvalue weighted by molar-refractivity contribution is -0.116. The first-order valence-electron chi connectivity index (χ1n) is 13.0. The second-order valence-corrected chi connectivity index (χ2v) is 11.6. The van der Waals surface area contributed by atoms with Crippen molar-refractivity contribution in [2.75, 3.05) is 5.32 Å². The SMILES string of the molecule is CC(C)(C)OC(=O)n1[nH]c(=O)cc1-c1ccc(NC(=O)Cn2c3c(c(-c4cc(Cl)ccc4Cl)cc2=O)C(=O)CC3)cc1. The number of hydrogen-bond acceptors (Lipinski definition) is 6. The Morgan fingerprint density at radius 3 is 2.36 bits per heavy atom. The molecule has 0 saturated carbocycles.